The summed E-state index contributed by atoms with van der Waals surface area (Å²) in [5.74, 6) is -0.907. The number of halogens is 3. The minimum atomic E-state index is -0.923. The van der Waals surface area contributed by atoms with E-state index in [1.54, 1.807) is 0 Å². The first-order valence-electron chi connectivity index (χ1n) is 3.86. The highest BCUT2D eigenvalue weighted by atomic mass is 35.5. The fourth-order valence-corrected chi connectivity index (χ4v) is 1.46. The fraction of sp³-hybridized carbons (Fsp3) is 0.222. The number of benzene rings is 1. The van der Waals surface area contributed by atoms with Crippen LogP contribution in [0.15, 0.2) is 18.2 Å². The van der Waals surface area contributed by atoms with Crippen molar-refractivity contribution in [3.63, 3.8) is 0 Å². The van der Waals surface area contributed by atoms with Crippen LogP contribution in [-0.4, -0.2) is 13.0 Å². The van der Waals surface area contributed by atoms with Gasteiger partial charge < -0.3 is 5.32 Å². The van der Waals surface area contributed by atoms with Gasteiger partial charge in [0.25, 0.3) is 0 Å². The van der Waals surface area contributed by atoms with E-state index in [0.29, 0.717) is 5.56 Å². The van der Waals surface area contributed by atoms with Gasteiger partial charge in [0.15, 0.2) is 0 Å². The van der Waals surface area contributed by atoms with Gasteiger partial charge in [-0.3, -0.25) is 4.79 Å². The molecule has 1 N–H and O–H groups in total. The first-order chi connectivity index (χ1) is 6.54. The SMILES string of the molecule is CNC(=O)C(Cl)c1cc(F)cc(Cl)c1. The van der Waals surface area contributed by atoms with Crippen LogP contribution in [0.25, 0.3) is 0 Å². The summed E-state index contributed by atoms with van der Waals surface area (Å²) in [6.07, 6.45) is 0. The van der Waals surface area contributed by atoms with Gasteiger partial charge in [0.2, 0.25) is 5.91 Å². The number of hydrogen-bond donors (Lipinski definition) is 1. The molecule has 0 radical (unpaired) electrons. The number of likely N-dealkylation sites (N-methyl/N-ethyl adjacent to an activating group) is 1. The number of hydrogen-bond acceptors (Lipinski definition) is 1. The monoisotopic (exact) mass is 235 g/mol. The van der Waals surface area contributed by atoms with Gasteiger partial charge in [-0.15, -0.1) is 11.6 Å². The number of rotatable bonds is 2. The Morgan fingerprint density at radius 2 is 2.14 bits per heavy atom. The summed E-state index contributed by atoms with van der Waals surface area (Å²) in [5.41, 5.74) is 0.344. The second kappa shape index (κ2) is 4.62. The summed E-state index contributed by atoms with van der Waals surface area (Å²) < 4.78 is 12.9. The summed E-state index contributed by atoms with van der Waals surface area (Å²) in [7, 11) is 1.46. The molecule has 1 amide bonds. The second-order valence-electron chi connectivity index (χ2n) is 2.68. The third kappa shape index (κ3) is 2.59. The summed E-state index contributed by atoms with van der Waals surface area (Å²) in [4.78, 5) is 11.1. The molecule has 0 aliphatic carbocycles. The molecule has 14 heavy (non-hydrogen) atoms. The molecule has 1 atom stereocenters. The Kier molecular flexibility index (Phi) is 3.72. The van der Waals surface area contributed by atoms with E-state index in [4.69, 9.17) is 23.2 Å². The lowest BCUT2D eigenvalue weighted by atomic mass is 10.1. The van der Waals surface area contributed by atoms with Gasteiger partial charge in [-0.25, -0.2) is 4.39 Å². The van der Waals surface area contributed by atoms with Crippen molar-refractivity contribution in [2.24, 2.45) is 0 Å². The third-order valence-electron chi connectivity index (χ3n) is 1.65. The summed E-state index contributed by atoms with van der Waals surface area (Å²) >= 11 is 11.4. The maximum absolute atomic E-state index is 12.9. The van der Waals surface area contributed by atoms with Crippen LogP contribution in [0.4, 0.5) is 4.39 Å². The molecule has 0 saturated heterocycles. The van der Waals surface area contributed by atoms with Crippen molar-refractivity contribution in [3.05, 3.63) is 34.6 Å². The first kappa shape index (κ1) is 11.3. The molecule has 1 rings (SSSR count). The van der Waals surface area contributed by atoms with E-state index in [9.17, 15) is 9.18 Å². The number of carbonyl (C=O) groups is 1. The van der Waals surface area contributed by atoms with Gasteiger partial charge in [-0.05, 0) is 23.8 Å². The first-order valence-corrected chi connectivity index (χ1v) is 4.67. The van der Waals surface area contributed by atoms with E-state index in [1.807, 2.05) is 0 Å². The lowest BCUT2D eigenvalue weighted by Crippen LogP contribution is -2.22. The van der Waals surface area contributed by atoms with Crippen molar-refractivity contribution in [2.45, 2.75) is 5.38 Å². The third-order valence-corrected chi connectivity index (χ3v) is 2.32. The Balaban J connectivity index is 3.00. The molecule has 0 aliphatic rings. The fourth-order valence-electron chi connectivity index (χ4n) is 1.000. The van der Waals surface area contributed by atoms with Gasteiger partial charge in [0, 0.05) is 12.1 Å². The van der Waals surface area contributed by atoms with Crippen LogP contribution in [0.2, 0.25) is 5.02 Å². The predicted molar refractivity (Wildman–Crippen MR) is 54.1 cm³/mol. The Labute approximate surface area is 91.0 Å². The van der Waals surface area contributed by atoms with E-state index < -0.39 is 17.1 Å². The van der Waals surface area contributed by atoms with E-state index in [1.165, 1.54) is 19.2 Å². The van der Waals surface area contributed by atoms with Gasteiger partial charge >= 0.3 is 0 Å². The molecule has 0 saturated carbocycles. The molecular formula is C9H8Cl2FNO. The molecule has 0 fully saturated rings. The van der Waals surface area contributed by atoms with Crippen LogP contribution in [-0.2, 0) is 4.79 Å². The van der Waals surface area contributed by atoms with Gasteiger partial charge in [0.1, 0.15) is 11.2 Å². The largest absolute Gasteiger partial charge is 0.358 e. The van der Waals surface area contributed by atoms with Crippen molar-refractivity contribution in [2.75, 3.05) is 7.05 Å². The number of alkyl halides is 1. The zero-order chi connectivity index (χ0) is 10.7. The van der Waals surface area contributed by atoms with Crippen LogP contribution in [0.1, 0.15) is 10.9 Å². The lowest BCUT2D eigenvalue weighted by Gasteiger charge is -2.08. The predicted octanol–water partition coefficient (Wildman–Crippen LogP) is 2.51. The zero-order valence-electron chi connectivity index (χ0n) is 7.35. The van der Waals surface area contributed by atoms with E-state index >= 15 is 0 Å². The van der Waals surface area contributed by atoms with Crippen LogP contribution in [0, 0.1) is 5.82 Å². The molecule has 1 unspecified atom stereocenters. The molecule has 0 heterocycles. The zero-order valence-corrected chi connectivity index (χ0v) is 8.86. The van der Waals surface area contributed by atoms with Crippen LogP contribution >= 0.6 is 23.2 Å². The van der Waals surface area contributed by atoms with Crippen LogP contribution < -0.4 is 5.32 Å². The van der Waals surface area contributed by atoms with Crippen LogP contribution in [0.5, 0.6) is 0 Å². The van der Waals surface area contributed by atoms with E-state index in [-0.39, 0.29) is 5.02 Å². The topological polar surface area (TPSA) is 29.1 Å². The average Bonchev–Trinajstić information content (AvgIpc) is 2.14. The molecule has 0 aliphatic heterocycles. The van der Waals surface area contributed by atoms with Gasteiger partial charge in [-0.1, -0.05) is 11.6 Å². The highest BCUT2D eigenvalue weighted by Crippen LogP contribution is 2.24. The minimum absolute atomic E-state index is 0.217. The van der Waals surface area contributed by atoms with Crippen molar-refractivity contribution < 1.29 is 9.18 Å². The number of carbonyl (C=O) groups excluding carboxylic acids is 1. The molecule has 0 bridgehead atoms. The maximum Gasteiger partial charge on any atom is 0.242 e. The van der Waals surface area contributed by atoms with Crippen LogP contribution in [0.3, 0.4) is 0 Å². The smallest absolute Gasteiger partial charge is 0.242 e. The number of amides is 1. The molecule has 0 aromatic heterocycles. The van der Waals surface area contributed by atoms with Crippen molar-refractivity contribution in [1.82, 2.24) is 5.32 Å². The Bertz CT molecular complexity index is 336. The second-order valence-corrected chi connectivity index (χ2v) is 3.55. The normalized spacial score (nSPS) is 12.3. The molecule has 1 aromatic rings. The summed E-state index contributed by atoms with van der Waals surface area (Å²) in [5, 5.41) is 1.66. The van der Waals surface area contributed by atoms with E-state index in [2.05, 4.69) is 5.32 Å². The molecule has 1 aromatic carbocycles. The summed E-state index contributed by atoms with van der Waals surface area (Å²) in [6.45, 7) is 0. The molecule has 0 spiro atoms. The van der Waals surface area contributed by atoms with Crippen molar-refractivity contribution >= 4 is 29.1 Å². The standard InChI is InChI=1S/C9H8Cl2FNO/c1-13-9(14)8(11)5-2-6(10)4-7(12)3-5/h2-4,8H,1H3,(H,13,14). The Morgan fingerprint density at radius 1 is 1.50 bits per heavy atom. The van der Waals surface area contributed by atoms with E-state index in [0.717, 1.165) is 6.07 Å². The van der Waals surface area contributed by atoms with Crippen molar-refractivity contribution in [1.29, 1.82) is 0 Å². The van der Waals surface area contributed by atoms with Gasteiger partial charge in [-0.2, -0.15) is 0 Å². The van der Waals surface area contributed by atoms with Gasteiger partial charge in [0.05, 0.1) is 0 Å². The van der Waals surface area contributed by atoms with Crippen molar-refractivity contribution in [3.8, 4) is 0 Å². The molecule has 76 valence electrons. The highest BCUT2D eigenvalue weighted by Gasteiger charge is 2.17. The molecule has 5 heteroatoms. The number of nitrogens with one attached hydrogen (secondary N) is 1. The quantitative estimate of drug-likeness (QED) is 0.785. The molecule has 2 nitrogen and oxygen atoms in total. The average molecular weight is 236 g/mol. The lowest BCUT2D eigenvalue weighted by molar-refractivity contribution is -0.120. The Morgan fingerprint density at radius 3 is 2.64 bits per heavy atom. The summed E-state index contributed by atoms with van der Waals surface area (Å²) in [6, 6.07) is 3.79. The molecular weight excluding hydrogens is 228 g/mol. The Hall–Kier alpha value is -0.800. The maximum atomic E-state index is 12.9. The minimum Gasteiger partial charge on any atom is -0.358 e. The highest BCUT2D eigenvalue weighted by molar-refractivity contribution is 6.32.